The predicted octanol–water partition coefficient (Wildman–Crippen LogP) is 4.30. The van der Waals surface area contributed by atoms with E-state index < -0.39 is 17.9 Å². The van der Waals surface area contributed by atoms with Gasteiger partial charge in [0.2, 0.25) is 5.91 Å². The number of benzene rings is 2. The average molecular weight is 481 g/mol. The van der Waals surface area contributed by atoms with Gasteiger partial charge < -0.3 is 10.1 Å². The van der Waals surface area contributed by atoms with Gasteiger partial charge in [0.15, 0.2) is 0 Å². The van der Waals surface area contributed by atoms with Crippen molar-refractivity contribution in [3.63, 3.8) is 0 Å². The van der Waals surface area contributed by atoms with Crippen molar-refractivity contribution >= 4 is 18.0 Å². The van der Waals surface area contributed by atoms with Crippen LogP contribution < -0.4 is 5.32 Å². The molecule has 1 unspecified atom stereocenters. The number of amides is 1. The summed E-state index contributed by atoms with van der Waals surface area (Å²) in [5.74, 6) is -0.855. The molecule has 182 valence electrons. The van der Waals surface area contributed by atoms with Gasteiger partial charge in [0.05, 0.1) is 13.2 Å². The third kappa shape index (κ3) is 6.76. The summed E-state index contributed by atoms with van der Waals surface area (Å²) >= 11 is 0. The molecule has 0 bridgehead atoms. The summed E-state index contributed by atoms with van der Waals surface area (Å²) < 4.78 is 7.02. The Labute approximate surface area is 210 Å². The van der Waals surface area contributed by atoms with Crippen LogP contribution in [0.2, 0.25) is 0 Å². The van der Waals surface area contributed by atoms with Crippen molar-refractivity contribution in [2.75, 3.05) is 6.61 Å². The number of nitrogens with one attached hydrogen (secondary N) is 1. The number of carbonyl (C=O) groups excluding carboxylic acids is 2. The highest BCUT2D eigenvalue weighted by Crippen LogP contribution is 2.23. The standard InChI is InChI=1S/C29H28N4O3/c1-2-36-29(35)26(18-22-10-5-3-6-11-22)31-27(34)16-15-25-21-33(20-23-12-7-4-8-13-23)32-28(25)24-14-9-17-30-19-24/h3-17,19,21,26H,2,18,20H2,1H3,(H,31,34). The van der Waals surface area contributed by atoms with E-state index in [1.165, 1.54) is 6.08 Å². The number of ether oxygens (including phenoxy) is 1. The maximum Gasteiger partial charge on any atom is 0.328 e. The lowest BCUT2D eigenvalue weighted by molar-refractivity contribution is -0.146. The van der Waals surface area contributed by atoms with E-state index in [1.807, 2.05) is 83.7 Å². The van der Waals surface area contributed by atoms with Crippen LogP contribution >= 0.6 is 0 Å². The molecule has 0 fully saturated rings. The van der Waals surface area contributed by atoms with Gasteiger partial charge in [-0.05, 0) is 36.3 Å². The fraction of sp³-hybridized carbons (Fsp3) is 0.172. The Balaban J connectivity index is 1.54. The third-order valence-corrected chi connectivity index (χ3v) is 5.50. The molecule has 2 aromatic heterocycles. The second-order valence-electron chi connectivity index (χ2n) is 8.19. The van der Waals surface area contributed by atoms with Crippen LogP contribution in [-0.2, 0) is 27.3 Å². The van der Waals surface area contributed by atoms with E-state index in [4.69, 9.17) is 9.84 Å². The minimum Gasteiger partial charge on any atom is -0.464 e. The molecule has 0 aliphatic carbocycles. The summed E-state index contributed by atoms with van der Waals surface area (Å²) in [7, 11) is 0. The minimum atomic E-state index is -0.789. The number of pyridine rings is 1. The summed E-state index contributed by atoms with van der Waals surface area (Å²) in [6, 6.07) is 22.5. The Kier molecular flexibility index (Phi) is 8.38. The second kappa shape index (κ2) is 12.3. The van der Waals surface area contributed by atoms with Crippen LogP contribution in [0, 0.1) is 0 Å². The van der Waals surface area contributed by atoms with Gasteiger partial charge in [-0.1, -0.05) is 60.7 Å². The first-order valence-electron chi connectivity index (χ1n) is 11.8. The zero-order valence-electron chi connectivity index (χ0n) is 20.1. The molecule has 0 radical (unpaired) electrons. The highest BCUT2D eigenvalue weighted by atomic mass is 16.5. The van der Waals surface area contributed by atoms with Gasteiger partial charge in [0.1, 0.15) is 11.7 Å². The smallest absolute Gasteiger partial charge is 0.328 e. The van der Waals surface area contributed by atoms with Crippen LogP contribution in [0.5, 0.6) is 0 Å². The van der Waals surface area contributed by atoms with E-state index in [-0.39, 0.29) is 6.61 Å². The topological polar surface area (TPSA) is 86.1 Å². The monoisotopic (exact) mass is 480 g/mol. The highest BCUT2D eigenvalue weighted by Gasteiger charge is 2.22. The van der Waals surface area contributed by atoms with Gasteiger partial charge in [-0.15, -0.1) is 0 Å². The van der Waals surface area contributed by atoms with Crippen LogP contribution in [0.15, 0.2) is 97.5 Å². The number of esters is 1. The lowest BCUT2D eigenvalue weighted by Gasteiger charge is -2.16. The van der Waals surface area contributed by atoms with E-state index in [9.17, 15) is 9.59 Å². The fourth-order valence-electron chi connectivity index (χ4n) is 3.81. The summed E-state index contributed by atoms with van der Waals surface area (Å²) in [5, 5.41) is 7.53. The number of carbonyl (C=O) groups is 2. The highest BCUT2D eigenvalue weighted by molar-refractivity contribution is 5.95. The number of rotatable bonds is 10. The Bertz CT molecular complexity index is 1300. The van der Waals surface area contributed by atoms with Crippen molar-refractivity contribution < 1.29 is 14.3 Å². The molecular weight excluding hydrogens is 452 g/mol. The summed E-state index contributed by atoms with van der Waals surface area (Å²) in [6.45, 7) is 2.58. The third-order valence-electron chi connectivity index (χ3n) is 5.50. The first kappa shape index (κ1) is 24.6. The molecule has 7 heteroatoms. The maximum atomic E-state index is 12.8. The molecule has 0 spiro atoms. The van der Waals surface area contributed by atoms with Crippen LogP contribution in [0.1, 0.15) is 23.6 Å². The van der Waals surface area contributed by atoms with Crippen molar-refractivity contribution in [1.82, 2.24) is 20.1 Å². The van der Waals surface area contributed by atoms with Gasteiger partial charge in [-0.3, -0.25) is 14.5 Å². The van der Waals surface area contributed by atoms with E-state index in [2.05, 4.69) is 10.3 Å². The summed E-state index contributed by atoms with van der Waals surface area (Å²) in [6.07, 6.45) is 8.80. The van der Waals surface area contributed by atoms with E-state index in [0.717, 1.165) is 22.3 Å². The van der Waals surface area contributed by atoms with Gasteiger partial charge in [0, 0.05) is 42.2 Å². The fourth-order valence-corrected chi connectivity index (χ4v) is 3.81. The SMILES string of the molecule is CCOC(=O)C(Cc1ccccc1)NC(=O)C=Cc1cn(Cc2ccccc2)nc1-c1cccnc1. The molecule has 2 heterocycles. The van der Waals surface area contributed by atoms with Gasteiger partial charge in [-0.2, -0.15) is 5.10 Å². The van der Waals surface area contributed by atoms with Crippen molar-refractivity contribution in [1.29, 1.82) is 0 Å². The van der Waals surface area contributed by atoms with Crippen molar-refractivity contribution in [3.05, 3.63) is 114 Å². The molecule has 0 aliphatic heterocycles. The van der Waals surface area contributed by atoms with Gasteiger partial charge in [0.25, 0.3) is 0 Å². The second-order valence-corrected chi connectivity index (χ2v) is 8.19. The Morgan fingerprint density at radius 3 is 2.39 bits per heavy atom. The molecule has 1 amide bonds. The van der Waals surface area contributed by atoms with Crippen LogP contribution in [-0.4, -0.2) is 39.3 Å². The Morgan fingerprint density at radius 2 is 1.72 bits per heavy atom. The van der Waals surface area contributed by atoms with E-state index in [1.54, 1.807) is 25.4 Å². The quantitative estimate of drug-likeness (QED) is 0.270. The molecule has 36 heavy (non-hydrogen) atoms. The first-order chi connectivity index (χ1) is 17.6. The van der Waals surface area contributed by atoms with Crippen molar-refractivity contribution in [2.45, 2.75) is 25.9 Å². The zero-order valence-corrected chi connectivity index (χ0v) is 20.1. The Morgan fingerprint density at radius 1 is 1.00 bits per heavy atom. The summed E-state index contributed by atoms with van der Waals surface area (Å²) in [5.41, 5.74) is 4.38. The molecular formula is C29H28N4O3. The largest absolute Gasteiger partial charge is 0.464 e. The zero-order chi connectivity index (χ0) is 25.2. The molecule has 2 aromatic carbocycles. The molecule has 1 N–H and O–H groups in total. The molecule has 0 saturated heterocycles. The maximum absolute atomic E-state index is 12.8. The summed E-state index contributed by atoms with van der Waals surface area (Å²) in [4.78, 5) is 29.5. The van der Waals surface area contributed by atoms with Crippen LogP contribution in [0.3, 0.4) is 0 Å². The number of hydrogen-bond donors (Lipinski definition) is 1. The Hall–Kier alpha value is -4.52. The van der Waals surface area contributed by atoms with Crippen molar-refractivity contribution in [3.8, 4) is 11.3 Å². The van der Waals surface area contributed by atoms with Crippen LogP contribution in [0.25, 0.3) is 17.3 Å². The number of nitrogens with zero attached hydrogens (tertiary/aromatic N) is 3. The van der Waals surface area contributed by atoms with E-state index in [0.29, 0.717) is 18.7 Å². The lowest BCUT2D eigenvalue weighted by Crippen LogP contribution is -2.42. The number of hydrogen-bond acceptors (Lipinski definition) is 5. The van der Waals surface area contributed by atoms with Gasteiger partial charge in [-0.25, -0.2) is 4.79 Å². The molecule has 7 nitrogen and oxygen atoms in total. The number of aromatic nitrogens is 3. The minimum absolute atomic E-state index is 0.241. The molecule has 1 atom stereocenters. The van der Waals surface area contributed by atoms with Gasteiger partial charge >= 0.3 is 5.97 Å². The molecule has 0 aliphatic rings. The predicted molar refractivity (Wildman–Crippen MR) is 139 cm³/mol. The molecule has 4 aromatic rings. The first-order valence-corrected chi connectivity index (χ1v) is 11.8. The molecule has 0 saturated carbocycles. The van der Waals surface area contributed by atoms with E-state index >= 15 is 0 Å². The average Bonchev–Trinajstić information content (AvgIpc) is 3.31. The van der Waals surface area contributed by atoms with Crippen LogP contribution in [0.4, 0.5) is 0 Å². The lowest BCUT2D eigenvalue weighted by atomic mass is 10.1. The van der Waals surface area contributed by atoms with Crippen molar-refractivity contribution in [2.24, 2.45) is 0 Å². The normalized spacial score (nSPS) is 11.8. The molecule has 4 rings (SSSR count).